The van der Waals surface area contributed by atoms with Crippen molar-refractivity contribution in [3.05, 3.63) is 22.2 Å². The highest BCUT2D eigenvalue weighted by molar-refractivity contribution is 9.10. The SMILES string of the molecule is COc1cc(C)c(Br)cc1S(=O)(=O)N[C@@H](C(=O)O)C(C)C. The fourth-order valence-corrected chi connectivity index (χ4v) is 3.72. The van der Waals surface area contributed by atoms with Gasteiger partial charge in [0.2, 0.25) is 10.0 Å². The van der Waals surface area contributed by atoms with Gasteiger partial charge in [0.05, 0.1) is 7.11 Å². The summed E-state index contributed by atoms with van der Waals surface area (Å²) in [5, 5.41) is 9.11. The summed E-state index contributed by atoms with van der Waals surface area (Å²) in [7, 11) is -2.66. The fourth-order valence-electron chi connectivity index (χ4n) is 1.71. The molecule has 0 aliphatic carbocycles. The molecule has 0 heterocycles. The highest BCUT2D eigenvalue weighted by Gasteiger charge is 2.30. The van der Waals surface area contributed by atoms with Gasteiger partial charge in [-0.1, -0.05) is 29.8 Å². The van der Waals surface area contributed by atoms with Crippen LogP contribution in [0.1, 0.15) is 19.4 Å². The highest BCUT2D eigenvalue weighted by atomic mass is 79.9. The molecule has 0 spiro atoms. The Kier molecular flexibility index (Phi) is 5.77. The number of carboxylic acids is 1. The quantitative estimate of drug-likeness (QED) is 0.789. The van der Waals surface area contributed by atoms with Crippen molar-refractivity contribution in [1.82, 2.24) is 4.72 Å². The van der Waals surface area contributed by atoms with E-state index in [0.717, 1.165) is 5.56 Å². The van der Waals surface area contributed by atoms with Gasteiger partial charge in [-0.2, -0.15) is 4.72 Å². The van der Waals surface area contributed by atoms with E-state index in [4.69, 9.17) is 9.84 Å². The van der Waals surface area contributed by atoms with Crippen molar-refractivity contribution in [2.24, 2.45) is 5.92 Å². The Morgan fingerprint density at radius 1 is 1.38 bits per heavy atom. The van der Waals surface area contributed by atoms with Crippen LogP contribution in [0.2, 0.25) is 0 Å². The first-order valence-electron chi connectivity index (χ1n) is 6.19. The maximum Gasteiger partial charge on any atom is 0.322 e. The zero-order valence-corrected chi connectivity index (χ0v) is 14.6. The molecule has 8 heteroatoms. The smallest absolute Gasteiger partial charge is 0.322 e. The Bertz CT molecular complexity index is 642. The Labute approximate surface area is 132 Å². The molecule has 0 radical (unpaired) electrons. The first-order valence-corrected chi connectivity index (χ1v) is 8.47. The minimum absolute atomic E-state index is 0.102. The molecule has 0 saturated carbocycles. The molecule has 1 aromatic carbocycles. The van der Waals surface area contributed by atoms with E-state index in [0.29, 0.717) is 4.47 Å². The van der Waals surface area contributed by atoms with Crippen LogP contribution in [-0.4, -0.2) is 32.6 Å². The van der Waals surface area contributed by atoms with Gasteiger partial charge in [-0.3, -0.25) is 4.79 Å². The van der Waals surface area contributed by atoms with E-state index in [1.807, 2.05) is 0 Å². The van der Waals surface area contributed by atoms with Crippen LogP contribution in [0, 0.1) is 12.8 Å². The van der Waals surface area contributed by atoms with E-state index in [9.17, 15) is 13.2 Å². The van der Waals surface area contributed by atoms with Crippen LogP contribution in [0.3, 0.4) is 0 Å². The highest BCUT2D eigenvalue weighted by Crippen LogP contribution is 2.30. The van der Waals surface area contributed by atoms with E-state index in [1.165, 1.54) is 13.2 Å². The summed E-state index contributed by atoms with van der Waals surface area (Å²) in [5.41, 5.74) is 0.810. The van der Waals surface area contributed by atoms with Crippen molar-refractivity contribution in [2.75, 3.05) is 7.11 Å². The van der Waals surface area contributed by atoms with Crippen LogP contribution in [0.4, 0.5) is 0 Å². The van der Waals surface area contributed by atoms with Gasteiger partial charge in [-0.05, 0) is 30.5 Å². The molecule has 21 heavy (non-hydrogen) atoms. The molecule has 1 rings (SSSR count). The van der Waals surface area contributed by atoms with Crippen LogP contribution < -0.4 is 9.46 Å². The van der Waals surface area contributed by atoms with Crippen molar-refractivity contribution >= 4 is 31.9 Å². The van der Waals surface area contributed by atoms with E-state index in [1.54, 1.807) is 26.8 Å². The van der Waals surface area contributed by atoms with Crippen molar-refractivity contribution in [1.29, 1.82) is 0 Å². The Balaban J connectivity index is 3.31. The average Bonchev–Trinajstić information content (AvgIpc) is 2.37. The predicted molar refractivity (Wildman–Crippen MR) is 82.0 cm³/mol. The summed E-state index contributed by atoms with van der Waals surface area (Å²) >= 11 is 3.26. The monoisotopic (exact) mass is 379 g/mol. The summed E-state index contributed by atoms with van der Waals surface area (Å²) in [4.78, 5) is 11.1. The number of aliphatic carboxylic acids is 1. The number of benzene rings is 1. The predicted octanol–water partition coefficient (Wildman–Crippen LogP) is 2.15. The van der Waals surface area contributed by atoms with Gasteiger partial charge in [0, 0.05) is 4.47 Å². The van der Waals surface area contributed by atoms with Gasteiger partial charge in [-0.15, -0.1) is 0 Å². The van der Waals surface area contributed by atoms with Gasteiger partial charge in [0.15, 0.2) is 0 Å². The van der Waals surface area contributed by atoms with Gasteiger partial charge in [0.25, 0.3) is 0 Å². The van der Waals surface area contributed by atoms with Crippen LogP contribution in [0.25, 0.3) is 0 Å². The summed E-state index contributed by atoms with van der Waals surface area (Å²) in [6.07, 6.45) is 0. The molecule has 0 saturated heterocycles. The number of hydrogen-bond donors (Lipinski definition) is 2. The van der Waals surface area contributed by atoms with E-state index >= 15 is 0 Å². The molecule has 0 amide bonds. The van der Waals surface area contributed by atoms with Crippen molar-refractivity contribution in [3.8, 4) is 5.75 Å². The number of halogens is 1. The molecule has 1 atom stereocenters. The topological polar surface area (TPSA) is 92.7 Å². The number of methoxy groups -OCH3 is 1. The first kappa shape index (κ1) is 17.9. The number of aryl methyl sites for hydroxylation is 1. The molecule has 118 valence electrons. The molecule has 0 aliphatic rings. The number of carbonyl (C=O) groups is 1. The maximum absolute atomic E-state index is 12.4. The second-order valence-corrected chi connectivity index (χ2v) is 7.47. The lowest BCUT2D eigenvalue weighted by atomic mass is 10.1. The van der Waals surface area contributed by atoms with Crippen LogP contribution in [0.15, 0.2) is 21.5 Å². The molecule has 6 nitrogen and oxygen atoms in total. The number of hydrogen-bond acceptors (Lipinski definition) is 4. The zero-order valence-electron chi connectivity index (χ0n) is 12.2. The standard InChI is InChI=1S/C13H18BrNO5S/c1-7(2)12(13(16)17)15-21(18,19)11-6-9(14)8(3)5-10(11)20-4/h5-7,12,15H,1-4H3,(H,16,17)/t12-/m1/s1. The molecule has 0 bridgehead atoms. The summed E-state index contributed by atoms with van der Waals surface area (Å²) in [6, 6.07) is 1.76. The lowest BCUT2D eigenvalue weighted by Gasteiger charge is -2.19. The molecule has 0 aliphatic heterocycles. The molecule has 0 aromatic heterocycles. The third-order valence-electron chi connectivity index (χ3n) is 2.95. The van der Waals surface area contributed by atoms with E-state index in [2.05, 4.69) is 20.7 Å². The molecule has 1 aromatic rings. The first-order chi connectivity index (χ1) is 9.60. The van der Waals surface area contributed by atoms with Crippen molar-refractivity contribution < 1.29 is 23.1 Å². The summed E-state index contributed by atoms with van der Waals surface area (Å²) in [5.74, 6) is -1.45. The summed E-state index contributed by atoms with van der Waals surface area (Å²) in [6.45, 7) is 5.05. The fraction of sp³-hybridized carbons (Fsp3) is 0.462. The molecule has 0 unspecified atom stereocenters. The number of sulfonamides is 1. The van der Waals surface area contributed by atoms with Gasteiger partial charge in [0.1, 0.15) is 16.7 Å². The summed E-state index contributed by atoms with van der Waals surface area (Å²) < 4.78 is 32.7. The molecule has 0 fully saturated rings. The Morgan fingerprint density at radius 3 is 2.38 bits per heavy atom. The maximum atomic E-state index is 12.4. The second kappa shape index (κ2) is 6.76. The van der Waals surface area contributed by atoms with Crippen molar-refractivity contribution in [2.45, 2.75) is 31.7 Å². The van der Waals surface area contributed by atoms with Gasteiger partial charge >= 0.3 is 5.97 Å². The van der Waals surface area contributed by atoms with Gasteiger partial charge in [-0.25, -0.2) is 8.42 Å². The van der Waals surface area contributed by atoms with Crippen LogP contribution in [-0.2, 0) is 14.8 Å². The third kappa shape index (κ3) is 4.18. The third-order valence-corrected chi connectivity index (χ3v) is 5.27. The Morgan fingerprint density at radius 2 is 1.95 bits per heavy atom. The minimum atomic E-state index is -4.02. The average molecular weight is 380 g/mol. The lowest BCUT2D eigenvalue weighted by molar-refractivity contribution is -0.140. The molecule has 2 N–H and O–H groups in total. The normalized spacial score (nSPS) is 13.2. The zero-order chi connectivity index (χ0) is 16.4. The number of nitrogens with one attached hydrogen (secondary N) is 1. The minimum Gasteiger partial charge on any atom is -0.495 e. The van der Waals surface area contributed by atoms with Crippen LogP contribution in [0.5, 0.6) is 5.75 Å². The Hall–Kier alpha value is -1.12. The van der Waals surface area contributed by atoms with E-state index < -0.39 is 28.0 Å². The second-order valence-electron chi connectivity index (χ2n) is 4.93. The van der Waals surface area contributed by atoms with Gasteiger partial charge < -0.3 is 9.84 Å². The van der Waals surface area contributed by atoms with Crippen molar-refractivity contribution in [3.63, 3.8) is 0 Å². The largest absolute Gasteiger partial charge is 0.495 e. The molecular weight excluding hydrogens is 362 g/mol. The number of rotatable bonds is 6. The lowest BCUT2D eigenvalue weighted by Crippen LogP contribution is -2.44. The molecular formula is C13H18BrNO5S. The number of ether oxygens (including phenoxy) is 1. The van der Waals surface area contributed by atoms with E-state index in [-0.39, 0.29) is 10.6 Å². The number of carboxylic acid groups (broad SMARTS) is 1. The van der Waals surface area contributed by atoms with Crippen LogP contribution >= 0.6 is 15.9 Å².